The molecule has 0 bridgehead atoms. The van der Waals surface area contributed by atoms with Gasteiger partial charge in [0.25, 0.3) is 0 Å². The van der Waals surface area contributed by atoms with Gasteiger partial charge in [0.15, 0.2) is 18.5 Å². The van der Waals surface area contributed by atoms with E-state index in [-0.39, 0.29) is 23.0 Å². The van der Waals surface area contributed by atoms with Crippen molar-refractivity contribution in [3.8, 4) is 11.5 Å². The fourth-order valence-electron chi connectivity index (χ4n) is 1.35. The van der Waals surface area contributed by atoms with Crippen LogP contribution in [0.2, 0.25) is 0 Å². The highest BCUT2D eigenvalue weighted by molar-refractivity contribution is 5.83. The standard InChI is InChI=1S/C13H15NO7/c1-8(15)9(2)21-13(16)7-20-10-4-5-11(14(17)18)12(6-10)19-3/h4-6,9H,7H2,1-3H3. The third kappa shape index (κ3) is 4.75. The normalized spacial score (nSPS) is 11.4. The van der Waals surface area contributed by atoms with Gasteiger partial charge in [-0.3, -0.25) is 14.9 Å². The van der Waals surface area contributed by atoms with Crippen molar-refractivity contribution in [2.24, 2.45) is 0 Å². The van der Waals surface area contributed by atoms with Crippen LogP contribution in [0.3, 0.4) is 0 Å². The Morgan fingerprint density at radius 1 is 1.38 bits per heavy atom. The molecule has 0 N–H and O–H groups in total. The minimum atomic E-state index is -0.840. The zero-order valence-corrected chi connectivity index (χ0v) is 11.8. The van der Waals surface area contributed by atoms with E-state index in [9.17, 15) is 19.7 Å². The zero-order valence-electron chi connectivity index (χ0n) is 11.8. The van der Waals surface area contributed by atoms with E-state index in [0.29, 0.717) is 0 Å². The Balaban J connectivity index is 2.66. The molecule has 1 aromatic carbocycles. The molecular weight excluding hydrogens is 282 g/mol. The Morgan fingerprint density at radius 3 is 2.57 bits per heavy atom. The van der Waals surface area contributed by atoms with Gasteiger partial charge in [-0.1, -0.05) is 0 Å². The summed E-state index contributed by atoms with van der Waals surface area (Å²) in [5.41, 5.74) is -0.211. The van der Waals surface area contributed by atoms with Crippen molar-refractivity contribution >= 4 is 17.4 Å². The van der Waals surface area contributed by atoms with Crippen LogP contribution in [0.4, 0.5) is 5.69 Å². The molecule has 1 rings (SSSR count). The van der Waals surface area contributed by atoms with Gasteiger partial charge in [0.05, 0.1) is 12.0 Å². The van der Waals surface area contributed by atoms with Gasteiger partial charge < -0.3 is 14.2 Å². The third-order valence-corrected chi connectivity index (χ3v) is 2.59. The molecule has 21 heavy (non-hydrogen) atoms. The summed E-state index contributed by atoms with van der Waals surface area (Å²) >= 11 is 0. The highest BCUT2D eigenvalue weighted by Gasteiger charge is 2.17. The molecule has 0 saturated heterocycles. The number of carbonyl (C=O) groups is 2. The van der Waals surface area contributed by atoms with Crippen molar-refractivity contribution in [3.63, 3.8) is 0 Å². The molecule has 8 heteroatoms. The molecule has 0 fully saturated rings. The van der Waals surface area contributed by atoms with E-state index in [0.717, 1.165) is 0 Å². The van der Waals surface area contributed by atoms with E-state index in [4.69, 9.17) is 14.2 Å². The predicted octanol–water partition coefficient (Wildman–Crippen LogP) is 1.50. The molecule has 0 aliphatic heterocycles. The molecule has 0 spiro atoms. The number of esters is 1. The Kier molecular flexibility index (Phi) is 5.65. The lowest BCUT2D eigenvalue weighted by Gasteiger charge is -2.11. The number of carbonyl (C=O) groups excluding carboxylic acids is 2. The molecule has 1 unspecified atom stereocenters. The molecular formula is C13H15NO7. The first-order valence-corrected chi connectivity index (χ1v) is 6.00. The summed E-state index contributed by atoms with van der Waals surface area (Å²) in [4.78, 5) is 32.5. The topological polar surface area (TPSA) is 105 Å². The summed E-state index contributed by atoms with van der Waals surface area (Å²) in [6.45, 7) is 2.34. The molecule has 0 amide bonds. The van der Waals surface area contributed by atoms with E-state index in [1.54, 1.807) is 0 Å². The smallest absolute Gasteiger partial charge is 0.344 e. The summed E-state index contributed by atoms with van der Waals surface area (Å²) in [5, 5.41) is 10.7. The lowest BCUT2D eigenvalue weighted by molar-refractivity contribution is -0.385. The summed E-state index contributed by atoms with van der Waals surface area (Å²) in [7, 11) is 1.29. The number of ether oxygens (including phenoxy) is 3. The first kappa shape index (κ1) is 16.4. The Labute approximate surface area is 120 Å². The Hall–Kier alpha value is -2.64. The monoisotopic (exact) mass is 297 g/mol. The minimum Gasteiger partial charge on any atom is -0.490 e. The number of nitro groups is 1. The number of nitrogens with zero attached hydrogens (tertiary/aromatic N) is 1. The number of ketones is 1. The first-order chi connectivity index (χ1) is 9.85. The van der Waals surface area contributed by atoms with Crippen LogP contribution in [0, 0.1) is 10.1 Å². The maximum Gasteiger partial charge on any atom is 0.344 e. The fraction of sp³-hybridized carbons (Fsp3) is 0.385. The maximum atomic E-state index is 11.4. The molecule has 8 nitrogen and oxygen atoms in total. The summed E-state index contributed by atoms with van der Waals surface area (Å²) in [6, 6.07) is 3.83. The van der Waals surface area contributed by atoms with E-state index in [1.165, 1.54) is 39.2 Å². The maximum absolute atomic E-state index is 11.4. The molecule has 0 saturated carbocycles. The third-order valence-electron chi connectivity index (χ3n) is 2.59. The van der Waals surface area contributed by atoms with Crippen molar-refractivity contribution in [1.29, 1.82) is 0 Å². The number of benzene rings is 1. The van der Waals surface area contributed by atoms with Gasteiger partial charge in [-0.2, -0.15) is 0 Å². The zero-order chi connectivity index (χ0) is 16.0. The number of methoxy groups -OCH3 is 1. The number of Topliss-reactive ketones (excluding diaryl/α,β-unsaturated/α-hetero) is 1. The summed E-state index contributed by atoms with van der Waals surface area (Å²) < 4.78 is 14.8. The lowest BCUT2D eigenvalue weighted by Crippen LogP contribution is -2.25. The highest BCUT2D eigenvalue weighted by atomic mass is 16.6. The molecule has 0 aliphatic rings. The molecule has 0 radical (unpaired) electrons. The van der Waals surface area contributed by atoms with Crippen LogP contribution in [0.25, 0.3) is 0 Å². The molecule has 0 aliphatic carbocycles. The van der Waals surface area contributed by atoms with Crippen molar-refractivity contribution in [3.05, 3.63) is 28.3 Å². The average Bonchev–Trinajstić information content (AvgIpc) is 2.44. The van der Waals surface area contributed by atoms with Gasteiger partial charge in [-0.25, -0.2) is 4.79 Å². The van der Waals surface area contributed by atoms with Crippen LogP contribution >= 0.6 is 0 Å². The number of nitro benzene ring substituents is 1. The second-order valence-corrected chi connectivity index (χ2v) is 4.12. The van der Waals surface area contributed by atoms with Crippen LogP contribution < -0.4 is 9.47 Å². The number of hydrogen-bond donors (Lipinski definition) is 0. The van der Waals surface area contributed by atoms with Gasteiger partial charge in [-0.05, 0) is 19.9 Å². The molecule has 1 atom stereocenters. The van der Waals surface area contributed by atoms with E-state index >= 15 is 0 Å². The summed E-state index contributed by atoms with van der Waals surface area (Å²) in [6.07, 6.45) is -0.840. The highest BCUT2D eigenvalue weighted by Crippen LogP contribution is 2.30. The number of hydrogen-bond acceptors (Lipinski definition) is 7. The molecule has 1 aromatic rings. The van der Waals surface area contributed by atoms with Gasteiger partial charge in [0.1, 0.15) is 5.75 Å². The average molecular weight is 297 g/mol. The van der Waals surface area contributed by atoms with Crippen molar-refractivity contribution < 1.29 is 28.7 Å². The second-order valence-electron chi connectivity index (χ2n) is 4.12. The predicted molar refractivity (Wildman–Crippen MR) is 71.4 cm³/mol. The first-order valence-electron chi connectivity index (χ1n) is 6.00. The van der Waals surface area contributed by atoms with Gasteiger partial charge in [0, 0.05) is 12.1 Å². The van der Waals surface area contributed by atoms with Gasteiger partial charge in [-0.15, -0.1) is 0 Å². The Morgan fingerprint density at radius 2 is 2.05 bits per heavy atom. The fourth-order valence-corrected chi connectivity index (χ4v) is 1.35. The summed E-state index contributed by atoms with van der Waals surface area (Å²) in [5.74, 6) is -0.761. The van der Waals surface area contributed by atoms with E-state index in [2.05, 4.69) is 0 Å². The van der Waals surface area contributed by atoms with Crippen LogP contribution in [0.5, 0.6) is 11.5 Å². The SMILES string of the molecule is COc1cc(OCC(=O)OC(C)C(C)=O)ccc1[N+](=O)[O-]. The van der Waals surface area contributed by atoms with E-state index in [1.807, 2.05) is 0 Å². The lowest BCUT2D eigenvalue weighted by atomic mass is 10.3. The van der Waals surface area contributed by atoms with Gasteiger partial charge in [0.2, 0.25) is 5.75 Å². The van der Waals surface area contributed by atoms with Crippen LogP contribution in [-0.4, -0.2) is 36.5 Å². The van der Waals surface area contributed by atoms with Crippen molar-refractivity contribution in [2.45, 2.75) is 20.0 Å². The van der Waals surface area contributed by atoms with Crippen molar-refractivity contribution in [2.75, 3.05) is 13.7 Å². The molecule has 0 aromatic heterocycles. The van der Waals surface area contributed by atoms with Crippen molar-refractivity contribution in [1.82, 2.24) is 0 Å². The Bertz CT molecular complexity index is 555. The second kappa shape index (κ2) is 7.22. The van der Waals surface area contributed by atoms with Crippen LogP contribution in [-0.2, 0) is 14.3 Å². The number of rotatable bonds is 7. The van der Waals surface area contributed by atoms with Crippen LogP contribution in [0.1, 0.15) is 13.8 Å². The van der Waals surface area contributed by atoms with Gasteiger partial charge >= 0.3 is 11.7 Å². The largest absolute Gasteiger partial charge is 0.490 e. The van der Waals surface area contributed by atoms with E-state index < -0.39 is 23.6 Å². The molecule has 114 valence electrons. The minimum absolute atomic E-state index is 0.0166. The quantitative estimate of drug-likeness (QED) is 0.426. The van der Waals surface area contributed by atoms with Crippen LogP contribution in [0.15, 0.2) is 18.2 Å². The molecule has 0 heterocycles.